The summed E-state index contributed by atoms with van der Waals surface area (Å²) in [5, 5.41) is 3.15. The maximum Gasteiger partial charge on any atom is 0.228 e. The Balaban J connectivity index is 1.87. The zero-order valence-electron chi connectivity index (χ0n) is 12.3. The molecule has 1 aromatic heterocycles. The fourth-order valence-corrected chi connectivity index (χ4v) is 2.92. The van der Waals surface area contributed by atoms with Crippen LogP contribution in [0.1, 0.15) is 46.5 Å². The minimum absolute atomic E-state index is 0.0500. The Bertz CT molecular complexity index is 459. The maximum absolute atomic E-state index is 12.2. The van der Waals surface area contributed by atoms with Crippen LogP contribution in [0.4, 0.5) is 5.82 Å². The van der Waals surface area contributed by atoms with E-state index in [2.05, 4.69) is 36.1 Å². The average Bonchev–Trinajstić information content (AvgIpc) is 2.40. The molecule has 0 saturated heterocycles. The second-order valence-corrected chi connectivity index (χ2v) is 7.02. The van der Waals surface area contributed by atoms with Gasteiger partial charge in [0.2, 0.25) is 5.91 Å². The van der Waals surface area contributed by atoms with E-state index in [1.807, 2.05) is 0 Å². The third-order valence-corrected chi connectivity index (χ3v) is 4.39. The summed E-state index contributed by atoms with van der Waals surface area (Å²) in [4.78, 5) is 20.1. The Morgan fingerprint density at radius 2 is 1.85 bits per heavy atom. The second-order valence-electron chi connectivity index (χ2n) is 6.63. The molecule has 2 rings (SSSR count). The van der Waals surface area contributed by atoms with Gasteiger partial charge in [-0.25, -0.2) is 9.97 Å². The number of nitrogens with one attached hydrogen (secondary N) is 1. The Morgan fingerprint density at radius 3 is 2.35 bits per heavy atom. The average molecular weight is 296 g/mol. The van der Waals surface area contributed by atoms with Crippen molar-refractivity contribution in [3.05, 3.63) is 17.5 Å². The molecule has 1 saturated carbocycles. The van der Waals surface area contributed by atoms with E-state index in [1.54, 1.807) is 0 Å². The highest BCUT2D eigenvalue weighted by Gasteiger charge is 2.32. The molecular weight excluding hydrogens is 274 g/mol. The number of hydrogen-bond donors (Lipinski definition) is 1. The Kier molecular flexibility index (Phi) is 4.63. The van der Waals surface area contributed by atoms with Crippen molar-refractivity contribution < 1.29 is 4.79 Å². The van der Waals surface area contributed by atoms with Crippen LogP contribution in [0.3, 0.4) is 0 Å². The summed E-state index contributed by atoms with van der Waals surface area (Å²) >= 11 is 5.67. The minimum atomic E-state index is 0.0500. The third-order valence-electron chi connectivity index (χ3n) is 4.19. The fraction of sp³-hybridized carbons (Fsp3) is 0.667. The van der Waals surface area contributed by atoms with Crippen LogP contribution in [-0.4, -0.2) is 15.9 Å². The number of carbonyl (C=O) groups is 1. The fourth-order valence-electron chi connectivity index (χ4n) is 2.83. The van der Waals surface area contributed by atoms with Crippen molar-refractivity contribution in [3.8, 4) is 0 Å². The van der Waals surface area contributed by atoms with Gasteiger partial charge in [-0.15, -0.1) is 0 Å². The number of halogens is 1. The molecule has 4 nitrogen and oxygen atoms in total. The maximum atomic E-state index is 12.2. The summed E-state index contributed by atoms with van der Waals surface area (Å²) in [6, 6.07) is 0. The van der Waals surface area contributed by atoms with E-state index in [0.29, 0.717) is 22.3 Å². The first-order valence-corrected chi connectivity index (χ1v) is 7.52. The molecular formula is C15H22ClN3O. The van der Waals surface area contributed by atoms with Crippen LogP contribution in [0.15, 0.2) is 12.4 Å². The highest BCUT2D eigenvalue weighted by atomic mass is 35.5. The molecule has 1 amide bonds. The number of hydrogen-bond acceptors (Lipinski definition) is 3. The summed E-state index contributed by atoms with van der Waals surface area (Å²) in [6.07, 6.45) is 7.07. The summed E-state index contributed by atoms with van der Waals surface area (Å²) in [5.74, 6) is 1.32. The summed E-state index contributed by atoms with van der Waals surface area (Å²) in [7, 11) is 0. The number of carbonyl (C=O) groups excluding carboxylic acids is 1. The highest BCUT2D eigenvalue weighted by molar-refractivity contribution is 6.29. The number of amides is 1. The van der Waals surface area contributed by atoms with Gasteiger partial charge < -0.3 is 5.32 Å². The van der Waals surface area contributed by atoms with Gasteiger partial charge in [-0.3, -0.25) is 4.79 Å². The van der Waals surface area contributed by atoms with Crippen LogP contribution < -0.4 is 5.32 Å². The van der Waals surface area contributed by atoms with Gasteiger partial charge in [-0.05, 0) is 37.0 Å². The number of aromatic nitrogens is 2. The Labute approximate surface area is 125 Å². The Morgan fingerprint density at radius 1 is 1.20 bits per heavy atom. The van der Waals surface area contributed by atoms with Crippen LogP contribution in [-0.2, 0) is 4.79 Å². The van der Waals surface area contributed by atoms with Gasteiger partial charge in [-0.2, -0.15) is 0 Å². The Hall–Kier alpha value is -1.16. The highest BCUT2D eigenvalue weighted by Crippen LogP contribution is 2.39. The molecule has 1 aliphatic carbocycles. The van der Waals surface area contributed by atoms with Crippen LogP contribution in [0.2, 0.25) is 5.15 Å². The second kappa shape index (κ2) is 6.08. The molecule has 0 radical (unpaired) electrons. The topological polar surface area (TPSA) is 54.9 Å². The van der Waals surface area contributed by atoms with E-state index in [-0.39, 0.29) is 11.8 Å². The molecule has 1 aromatic rings. The van der Waals surface area contributed by atoms with Gasteiger partial charge in [0.05, 0.1) is 12.4 Å². The summed E-state index contributed by atoms with van der Waals surface area (Å²) in [5.41, 5.74) is 0.336. The lowest BCUT2D eigenvalue weighted by Gasteiger charge is -2.36. The largest absolute Gasteiger partial charge is 0.309 e. The molecule has 1 N–H and O–H groups in total. The molecule has 0 bridgehead atoms. The zero-order chi connectivity index (χ0) is 14.8. The standard InChI is InChI=1S/C15H22ClN3O/c1-15(2,3)11-6-4-10(5-7-11)14(20)19-13-9-17-12(16)8-18-13/h8-11H,4-7H2,1-3H3,(H,18,19,20). The van der Waals surface area contributed by atoms with Gasteiger partial charge in [0.25, 0.3) is 0 Å². The predicted octanol–water partition coefficient (Wildman–Crippen LogP) is 3.92. The van der Waals surface area contributed by atoms with Crippen molar-refractivity contribution in [3.63, 3.8) is 0 Å². The molecule has 0 unspecified atom stereocenters. The lowest BCUT2D eigenvalue weighted by atomic mass is 9.70. The first kappa shape index (κ1) is 15.2. The summed E-state index contributed by atoms with van der Waals surface area (Å²) < 4.78 is 0. The molecule has 0 aromatic carbocycles. The molecule has 0 atom stereocenters. The first-order valence-electron chi connectivity index (χ1n) is 7.14. The van der Waals surface area contributed by atoms with E-state index in [4.69, 9.17) is 11.6 Å². The number of nitrogens with zero attached hydrogens (tertiary/aromatic N) is 2. The molecule has 110 valence electrons. The quantitative estimate of drug-likeness (QED) is 0.899. The lowest BCUT2D eigenvalue weighted by Crippen LogP contribution is -2.31. The molecule has 5 heteroatoms. The molecule has 1 aliphatic rings. The predicted molar refractivity (Wildman–Crippen MR) is 80.6 cm³/mol. The molecule has 1 fully saturated rings. The van der Waals surface area contributed by atoms with Crippen LogP contribution in [0.25, 0.3) is 0 Å². The van der Waals surface area contributed by atoms with E-state index in [1.165, 1.54) is 12.4 Å². The monoisotopic (exact) mass is 295 g/mol. The molecule has 1 heterocycles. The van der Waals surface area contributed by atoms with Crippen LogP contribution in [0, 0.1) is 17.3 Å². The van der Waals surface area contributed by atoms with Crippen molar-refractivity contribution in [2.45, 2.75) is 46.5 Å². The van der Waals surface area contributed by atoms with E-state index in [0.717, 1.165) is 25.7 Å². The SMILES string of the molecule is CC(C)(C)C1CCC(C(=O)Nc2cnc(Cl)cn2)CC1. The van der Waals surface area contributed by atoms with Crippen molar-refractivity contribution in [2.24, 2.45) is 17.3 Å². The minimum Gasteiger partial charge on any atom is -0.309 e. The molecule has 0 spiro atoms. The number of rotatable bonds is 2. The summed E-state index contributed by atoms with van der Waals surface area (Å²) in [6.45, 7) is 6.84. The van der Waals surface area contributed by atoms with Gasteiger partial charge >= 0.3 is 0 Å². The molecule has 20 heavy (non-hydrogen) atoms. The van der Waals surface area contributed by atoms with E-state index in [9.17, 15) is 4.79 Å². The van der Waals surface area contributed by atoms with E-state index >= 15 is 0 Å². The van der Waals surface area contributed by atoms with Crippen LogP contribution >= 0.6 is 11.6 Å². The zero-order valence-corrected chi connectivity index (χ0v) is 13.1. The lowest BCUT2D eigenvalue weighted by molar-refractivity contribution is -0.121. The van der Waals surface area contributed by atoms with Gasteiger partial charge in [0.1, 0.15) is 5.15 Å². The third kappa shape index (κ3) is 3.92. The normalized spacial score (nSPS) is 23.4. The molecule has 0 aliphatic heterocycles. The van der Waals surface area contributed by atoms with Crippen molar-refractivity contribution in [1.82, 2.24) is 9.97 Å². The smallest absolute Gasteiger partial charge is 0.228 e. The van der Waals surface area contributed by atoms with Crippen molar-refractivity contribution >= 4 is 23.3 Å². The first-order chi connectivity index (χ1) is 9.36. The number of anilines is 1. The van der Waals surface area contributed by atoms with Crippen LogP contribution in [0.5, 0.6) is 0 Å². The van der Waals surface area contributed by atoms with Gasteiger partial charge in [-0.1, -0.05) is 32.4 Å². The van der Waals surface area contributed by atoms with Crippen molar-refractivity contribution in [2.75, 3.05) is 5.32 Å². The van der Waals surface area contributed by atoms with Gasteiger partial charge in [0.15, 0.2) is 5.82 Å². The van der Waals surface area contributed by atoms with Crippen molar-refractivity contribution in [1.29, 1.82) is 0 Å². The van der Waals surface area contributed by atoms with Gasteiger partial charge in [0, 0.05) is 5.92 Å². The van der Waals surface area contributed by atoms with E-state index < -0.39 is 0 Å².